The fraction of sp³-hybridized carbons (Fsp3) is 0.320. The van der Waals surface area contributed by atoms with Gasteiger partial charge in [0.1, 0.15) is 13.2 Å². The van der Waals surface area contributed by atoms with Crippen molar-refractivity contribution in [3.8, 4) is 11.5 Å². The molecule has 4 heterocycles. The molecule has 0 bridgehead atoms. The van der Waals surface area contributed by atoms with Crippen molar-refractivity contribution in [2.75, 3.05) is 32.8 Å². The van der Waals surface area contributed by atoms with Gasteiger partial charge in [0, 0.05) is 13.1 Å². The Hall–Kier alpha value is -2.61. The van der Waals surface area contributed by atoms with Gasteiger partial charge in [-0.2, -0.15) is 22.7 Å². The van der Waals surface area contributed by atoms with Crippen molar-refractivity contribution in [3.63, 3.8) is 0 Å². The molecule has 1 fully saturated rings. The second kappa shape index (κ2) is 9.90. The van der Waals surface area contributed by atoms with Gasteiger partial charge in [-0.05, 0) is 75.3 Å². The number of piperidine rings is 1. The molecule has 0 amide bonds. The van der Waals surface area contributed by atoms with Crippen LogP contribution >= 0.6 is 22.7 Å². The van der Waals surface area contributed by atoms with Crippen molar-refractivity contribution in [1.82, 2.24) is 4.90 Å². The monoisotopic (exact) mass is 467 g/mol. The molecule has 3 aromatic rings. The van der Waals surface area contributed by atoms with Crippen LogP contribution in [0.1, 0.15) is 24.0 Å². The molecule has 2 aliphatic rings. The minimum Gasteiger partial charge on any atom is -0.486 e. The first-order valence-electron chi connectivity index (χ1n) is 10.8. The average molecular weight is 468 g/mol. The Morgan fingerprint density at radius 2 is 1.69 bits per heavy atom. The average Bonchev–Trinajstić information content (AvgIpc) is 3.54. The summed E-state index contributed by atoms with van der Waals surface area (Å²) in [7, 11) is 0. The Balaban J connectivity index is 1.13. The first-order valence-corrected chi connectivity index (χ1v) is 12.7. The van der Waals surface area contributed by atoms with Crippen molar-refractivity contribution < 1.29 is 19.0 Å². The lowest BCUT2D eigenvalue weighted by Gasteiger charge is -2.29. The molecule has 1 aromatic carbocycles. The maximum absolute atomic E-state index is 12.4. The summed E-state index contributed by atoms with van der Waals surface area (Å²) in [4.78, 5) is 14.6. The number of hydrogen-bond donors (Lipinski definition) is 0. The molecule has 2 aliphatic heterocycles. The van der Waals surface area contributed by atoms with Crippen LogP contribution in [0.3, 0.4) is 0 Å². The van der Waals surface area contributed by atoms with Crippen LogP contribution < -0.4 is 9.47 Å². The van der Waals surface area contributed by atoms with Crippen LogP contribution in [-0.4, -0.2) is 49.8 Å². The smallest absolute Gasteiger partial charge is 0.320 e. The number of benzene rings is 1. The fourth-order valence-electron chi connectivity index (χ4n) is 4.18. The Kier molecular flexibility index (Phi) is 6.57. The Morgan fingerprint density at radius 1 is 1.00 bits per heavy atom. The third-order valence-electron chi connectivity index (χ3n) is 5.78. The van der Waals surface area contributed by atoms with Gasteiger partial charge >= 0.3 is 5.97 Å². The van der Waals surface area contributed by atoms with E-state index < -0.39 is 0 Å². The van der Waals surface area contributed by atoms with E-state index in [-0.39, 0.29) is 18.7 Å². The summed E-state index contributed by atoms with van der Waals surface area (Å²) >= 11 is 3.46. The minimum absolute atomic E-state index is 0.201. The number of thiophene rings is 2. The molecule has 5 rings (SSSR count). The predicted molar refractivity (Wildman–Crippen MR) is 128 cm³/mol. The van der Waals surface area contributed by atoms with E-state index in [1.165, 1.54) is 22.3 Å². The Labute approximate surface area is 195 Å². The van der Waals surface area contributed by atoms with Crippen molar-refractivity contribution in [1.29, 1.82) is 0 Å². The van der Waals surface area contributed by atoms with Gasteiger partial charge in [-0.3, -0.25) is 9.69 Å². The van der Waals surface area contributed by atoms with Crippen LogP contribution in [0.15, 0.2) is 63.5 Å². The second-order valence-corrected chi connectivity index (χ2v) is 9.52. The first-order chi connectivity index (χ1) is 15.8. The van der Waals surface area contributed by atoms with E-state index in [0.29, 0.717) is 18.9 Å². The number of nitrogens with zero attached hydrogens (tertiary/aromatic N) is 1. The van der Waals surface area contributed by atoms with E-state index >= 15 is 0 Å². The number of likely N-dealkylation sites (tertiary alicyclic amines) is 1. The molecule has 1 saturated heterocycles. The summed E-state index contributed by atoms with van der Waals surface area (Å²) in [6.07, 6.45) is 1.65. The third-order valence-corrected chi connectivity index (χ3v) is 7.15. The number of para-hydroxylation sites is 2. The Morgan fingerprint density at radius 3 is 2.34 bits per heavy atom. The van der Waals surface area contributed by atoms with Crippen LogP contribution in [-0.2, 0) is 9.53 Å². The summed E-state index contributed by atoms with van der Waals surface area (Å²) < 4.78 is 17.0. The van der Waals surface area contributed by atoms with Gasteiger partial charge in [0.15, 0.2) is 17.6 Å². The van der Waals surface area contributed by atoms with Crippen molar-refractivity contribution in [3.05, 3.63) is 74.6 Å². The number of carbonyl (C=O) groups is 1. The molecule has 2 aromatic heterocycles. The fourth-order valence-corrected chi connectivity index (χ4v) is 5.47. The number of esters is 1. The van der Waals surface area contributed by atoms with E-state index in [0.717, 1.165) is 31.7 Å². The molecule has 32 heavy (non-hydrogen) atoms. The number of ether oxygens (including phenoxy) is 3. The molecule has 0 N–H and O–H groups in total. The van der Waals surface area contributed by atoms with E-state index in [1.54, 1.807) is 22.7 Å². The van der Waals surface area contributed by atoms with Crippen LogP contribution in [0.2, 0.25) is 0 Å². The molecule has 0 aliphatic carbocycles. The SMILES string of the molecule is O=C(CN1CCC(=C(c2ccsc2)c2ccsc2)CC1)OCC1COc2ccccc2O1. The highest BCUT2D eigenvalue weighted by atomic mass is 32.1. The molecule has 1 unspecified atom stereocenters. The van der Waals surface area contributed by atoms with Crippen LogP contribution in [0.5, 0.6) is 11.5 Å². The predicted octanol–water partition coefficient (Wildman–Crippen LogP) is 5.09. The summed E-state index contributed by atoms with van der Waals surface area (Å²) in [5.41, 5.74) is 5.43. The van der Waals surface area contributed by atoms with Crippen molar-refractivity contribution in [2.24, 2.45) is 0 Å². The molecule has 0 radical (unpaired) electrons. The number of rotatable bonds is 6. The molecule has 166 valence electrons. The normalized spacial score (nSPS) is 18.4. The third kappa shape index (κ3) is 4.90. The lowest BCUT2D eigenvalue weighted by Crippen LogP contribution is -2.38. The maximum atomic E-state index is 12.4. The van der Waals surface area contributed by atoms with Gasteiger partial charge in [-0.15, -0.1) is 0 Å². The highest BCUT2D eigenvalue weighted by Crippen LogP contribution is 2.34. The minimum atomic E-state index is -0.275. The zero-order valence-electron chi connectivity index (χ0n) is 17.7. The summed E-state index contributed by atoms with van der Waals surface area (Å²) in [6.45, 7) is 2.61. The quantitative estimate of drug-likeness (QED) is 0.473. The zero-order chi connectivity index (χ0) is 21.8. The van der Waals surface area contributed by atoms with Gasteiger partial charge in [0.05, 0.1) is 6.54 Å². The van der Waals surface area contributed by atoms with Crippen molar-refractivity contribution in [2.45, 2.75) is 18.9 Å². The molecule has 5 nitrogen and oxygen atoms in total. The molecule has 1 atom stereocenters. The summed E-state index contributed by atoms with van der Waals surface area (Å²) in [5, 5.41) is 8.71. The lowest BCUT2D eigenvalue weighted by atomic mass is 9.91. The molecule has 0 spiro atoms. The lowest BCUT2D eigenvalue weighted by molar-refractivity contribution is -0.148. The van der Waals surface area contributed by atoms with Gasteiger partial charge in [0.2, 0.25) is 0 Å². The van der Waals surface area contributed by atoms with Crippen LogP contribution in [0, 0.1) is 0 Å². The Bertz CT molecular complexity index is 1030. The van der Waals surface area contributed by atoms with Crippen molar-refractivity contribution >= 4 is 34.2 Å². The topological polar surface area (TPSA) is 48.0 Å². The van der Waals surface area contributed by atoms with Crippen LogP contribution in [0.4, 0.5) is 0 Å². The number of carbonyl (C=O) groups excluding carboxylic acids is 1. The highest BCUT2D eigenvalue weighted by molar-refractivity contribution is 7.08. The molecular formula is C25H25NO4S2. The zero-order valence-corrected chi connectivity index (χ0v) is 19.3. The standard InChI is InChI=1S/C25H25NO4S2/c27-24(29-15-21-14-28-22-3-1-2-4-23(22)30-21)13-26-9-5-18(6-10-26)25(19-7-11-31-16-19)20-8-12-32-17-20/h1-4,7-8,11-12,16-17,21H,5-6,9-10,13-15H2. The van der Waals surface area contributed by atoms with E-state index in [2.05, 4.69) is 38.6 Å². The van der Waals surface area contributed by atoms with E-state index in [9.17, 15) is 4.79 Å². The summed E-state index contributed by atoms with van der Waals surface area (Å²) in [5.74, 6) is 1.22. The number of hydrogen-bond acceptors (Lipinski definition) is 7. The van der Waals surface area contributed by atoms with Gasteiger partial charge < -0.3 is 14.2 Å². The van der Waals surface area contributed by atoms with E-state index in [4.69, 9.17) is 14.2 Å². The van der Waals surface area contributed by atoms with Crippen LogP contribution in [0.25, 0.3) is 5.57 Å². The van der Waals surface area contributed by atoms with Gasteiger partial charge in [-0.25, -0.2) is 0 Å². The molecule has 7 heteroatoms. The molecular weight excluding hydrogens is 442 g/mol. The van der Waals surface area contributed by atoms with Gasteiger partial charge in [0.25, 0.3) is 0 Å². The maximum Gasteiger partial charge on any atom is 0.320 e. The summed E-state index contributed by atoms with van der Waals surface area (Å²) in [6, 6.07) is 11.9. The van der Waals surface area contributed by atoms with E-state index in [1.807, 2.05) is 24.3 Å². The molecule has 0 saturated carbocycles. The largest absolute Gasteiger partial charge is 0.486 e. The van der Waals surface area contributed by atoms with Gasteiger partial charge in [-0.1, -0.05) is 17.7 Å². The second-order valence-electron chi connectivity index (χ2n) is 7.96. The first kappa shape index (κ1) is 21.2. The highest BCUT2D eigenvalue weighted by Gasteiger charge is 2.24. The number of fused-ring (bicyclic) bond motifs is 1.